The second-order valence-electron chi connectivity index (χ2n) is 4.23. The zero-order valence-corrected chi connectivity index (χ0v) is 12.8. The third-order valence-corrected chi connectivity index (χ3v) is 3.09. The van der Waals surface area contributed by atoms with Crippen LogP contribution in [0.2, 0.25) is 0 Å². The predicted molar refractivity (Wildman–Crippen MR) is 83.8 cm³/mol. The molecule has 0 fully saturated rings. The van der Waals surface area contributed by atoms with Crippen LogP contribution in [0.3, 0.4) is 0 Å². The highest BCUT2D eigenvalue weighted by Crippen LogP contribution is 2.01. The molecule has 0 aliphatic carbocycles. The number of alkyl halides is 1. The van der Waals surface area contributed by atoms with Gasteiger partial charge in [0.1, 0.15) is 0 Å². The van der Waals surface area contributed by atoms with Crippen molar-refractivity contribution in [2.45, 2.75) is 58.3 Å². The Labute approximate surface area is 116 Å². The van der Waals surface area contributed by atoms with Crippen LogP contribution >= 0.6 is 15.9 Å². The second kappa shape index (κ2) is 15.7. The van der Waals surface area contributed by atoms with Gasteiger partial charge in [-0.25, -0.2) is 0 Å². The average Bonchev–Trinajstić information content (AvgIpc) is 2.35. The van der Waals surface area contributed by atoms with E-state index in [0.29, 0.717) is 0 Å². The Morgan fingerprint density at radius 2 is 1.29 bits per heavy atom. The van der Waals surface area contributed by atoms with Crippen LogP contribution in [-0.2, 0) is 0 Å². The Hall–Kier alpha value is -0.300. The van der Waals surface area contributed by atoms with Gasteiger partial charge < -0.3 is 0 Å². The maximum absolute atomic E-state index is 3.42. The fourth-order valence-corrected chi connectivity index (χ4v) is 1.81. The molecule has 0 rings (SSSR count). The lowest BCUT2D eigenvalue weighted by Crippen LogP contribution is -1.71. The van der Waals surface area contributed by atoms with E-state index < -0.39 is 0 Å². The number of allylic oxidation sites excluding steroid dienone is 6. The summed E-state index contributed by atoms with van der Waals surface area (Å²) in [5, 5.41) is 1.10. The fourth-order valence-electron chi connectivity index (χ4n) is 1.48. The molecule has 0 radical (unpaired) electrons. The molecule has 0 heterocycles. The van der Waals surface area contributed by atoms with Crippen molar-refractivity contribution in [3.8, 4) is 0 Å². The van der Waals surface area contributed by atoms with Crippen molar-refractivity contribution in [2.24, 2.45) is 0 Å². The molecule has 0 amide bonds. The van der Waals surface area contributed by atoms with E-state index in [9.17, 15) is 0 Å². The van der Waals surface area contributed by atoms with Gasteiger partial charge in [0, 0.05) is 5.33 Å². The van der Waals surface area contributed by atoms with Crippen LogP contribution in [0.5, 0.6) is 0 Å². The van der Waals surface area contributed by atoms with Crippen LogP contribution < -0.4 is 0 Å². The number of rotatable bonds is 11. The number of unbranched alkanes of at least 4 members (excludes halogenated alkanes) is 5. The third kappa shape index (κ3) is 15.7. The summed E-state index contributed by atoms with van der Waals surface area (Å²) in [4.78, 5) is 0. The fraction of sp³-hybridized carbons (Fsp3) is 0.625. The zero-order chi connectivity index (χ0) is 12.6. The van der Waals surface area contributed by atoms with E-state index in [1.165, 1.54) is 44.9 Å². The normalized spacial score (nSPS) is 12.4. The summed E-state index contributed by atoms with van der Waals surface area (Å²) < 4.78 is 0. The summed E-state index contributed by atoms with van der Waals surface area (Å²) in [6.45, 7) is 2.25. The van der Waals surface area contributed by atoms with E-state index in [1.54, 1.807) is 0 Å². The highest BCUT2D eigenvalue weighted by atomic mass is 79.9. The first-order valence-corrected chi connectivity index (χ1v) is 8.06. The average molecular weight is 299 g/mol. The van der Waals surface area contributed by atoms with Crippen molar-refractivity contribution in [3.05, 3.63) is 36.5 Å². The minimum Gasteiger partial charge on any atom is -0.0928 e. The van der Waals surface area contributed by atoms with Crippen LogP contribution in [0, 0.1) is 0 Å². The van der Waals surface area contributed by atoms with Crippen molar-refractivity contribution in [1.82, 2.24) is 0 Å². The summed E-state index contributed by atoms with van der Waals surface area (Å²) in [6, 6.07) is 0. The molecule has 0 unspecified atom stereocenters. The third-order valence-electron chi connectivity index (χ3n) is 2.53. The summed E-state index contributed by atoms with van der Waals surface area (Å²) in [6.07, 6.45) is 23.5. The monoisotopic (exact) mass is 298 g/mol. The van der Waals surface area contributed by atoms with Gasteiger partial charge in [-0.15, -0.1) is 0 Å². The van der Waals surface area contributed by atoms with Crippen LogP contribution in [0.1, 0.15) is 58.3 Å². The molecule has 0 aliphatic rings. The Morgan fingerprint density at radius 1 is 0.706 bits per heavy atom. The van der Waals surface area contributed by atoms with Crippen LogP contribution in [0.4, 0.5) is 0 Å². The lowest BCUT2D eigenvalue weighted by atomic mass is 10.2. The van der Waals surface area contributed by atoms with Gasteiger partial charge in [0.2, 0.25) is 0 Å². The molecule has 0 atom stereocenters. The number of hydrogen-bond acceptors (Lipinski definition) is 0. The van der Waals surface area contributed by atoms with Gasteiger partial charge in [-0.3, -0.25) is 0 Å². The smallest absolute Gasteiger partial charge is 0.00342 e. The van der Waals surface area contributed by atoms with Crippen molar-refractivity contribution in [2.75, 3.05) is 5.33 Å². The van der Waals surface area contributed by atoms with Crippen molar-refractivity contribution in [3.63, 3.8) is 0 Å². The first-order chi connectivity index (χ1) is 8.41. The zero-order valence-electron chi connectivity index (χ0n) is 11.2. The first kappa shape index (κ1) is 16.7. The molecule has 0 bridgehead atoms. The van der Waals surface area contributed by atoms with Gasteiger partial charge in [0.15, 0.2) is 0 Å². The highest BCUT2D eigenvalue weighted by molar-refractivity contribution is 9.09. The molecule has 0 aliphatic heterocycles. The topological polar surface area (TPSA) is 0 Å². The quantitative estimate of drug-likeness (QED) is 0.185. The highest BCUT2D eigenvalue weighted by Gasteiger charge is 1.81. The standard InChI is InChI=1S/C16H27Br/c1-2-3-4-5-6-7-8-9-10-11-12-13-14-15-16-17/h6-7,10-13H,2-5,8-9,14-16H2,1H3/b7-6-,11-10?,13-12?. The van der Waals surface area contributed by atoms with Crippen LogP contribution in [-0.4, -0.2) is 5.33 Å². The summed E-state index contributed by atoms with van der Waals surface area (Å²) in [5.41, 5.74) is 0. The van der Waals surface area contributed by atoms with Gasteiger partial charge in [-0.1, -0.05) is 72.2 Å². The molecule has 1 heteroatoms. The summed E-state index contributed by atoms with van der Waals surface area (Å²) in [7, 11) is 0. The minimum atomic E-state index is 1.10. The Bertz CT molecular complexity index is 214. The van der Waals surface area contributed by atoms with Crippen molar-refractivity contribution < 1.29 is 0 Å². The minimum absolute atomic E-state index is 1.10. The molecular formula is C16H27Br. The molecule has 0 aromatic heterocycles. The molecule has 0 spiro atoms. The molecular weight excluding hydrogens is 272 g/mol. The Kier molecular flexibility index (Phi) is 15.4. The molecule has 0 saturated heterocycles. The van der Waals surface area contributed by atoms with E-state index in [2.05, 4.69) is 59.3 Å². The van der Waals surface area contributed by atoms with Gasteiger partial charge in [0.05, 0.1) is 0 Å². The Balaban J connectivity index is 3.26. The molecule has 17 heavy (non-hydrogen) atoms. The lowest BCUT2D eigenvalue weighted by molar-refractivity contribution is 0.728. The molecule has 98 valence electrons. The maximum atomic E-state index is 3.42. The Morgan fingerprint density at radius 3 is 2.00 bits per heavy atom. The van der Waals surface area contributed by atoms with E-state index in [1.807, 2.05) is 0 Å². The van der Waals surface area contributed by atoms with Gasteiger partial charge in [-0.2, -0.15) is 0 Å². The molecule has 0 nitrogen and oxygen atoms in total. The summed E-state index contributed by atoms with van der Waals surface area (Å²) >= 11 is 3.42. The van der Waals surface area contributed by atoms with Gasteiger partial charge >= 0.3 is 0 Å². The van der Waals surface area contributed by atoms with E-state index in [-0.39, 0.29) is 0 Å². The molecule has 0 aromatic carbocycles. The predicted octanol–water partition coefficient (Wildman–Crippen LogP) is 6.19. The van der Waals surface area contributed by atoms with E-state index in [4.69, 9.17) is 0 Å². The van der Waals surface area contributed by atoms with Crippen LogP contribution in [0.15, 0.2) is 36.5 Å². The van der Waals surface area contributed by atoms with Gasteiger partial charge in [-0.05, 0) is 38.5 Å². The van der Waals surface area contributed by atoms with Gasteiger partial charge in [0.25, 0.3) is 0 Å². The van der Waals surface area contributed by atoms with E-state index >= 15 is 0 Å². The number of hydrogen-bond donors (Lipinski definition) is 0. The molecule has 0 aromatic rings. The van der Waals surface area contributed by atoms with Crippen LogP contribution in [0.25, 0.3) is 0 Å². The lowest BCUT2D eigenvalue weighted by Gasteiger charge is -1.91. The van der Waals surface area contributed by atoms with E-state index in [0.717, 1.165) is 11.8 Å². The van der Waals surface area contributed by atoms with Crippen molar-refractivity contribution in [1.29, 1.82) is 0 Å². The second-order valence-corrected chi connectivity index (χ2v) is 5.03. The maximum Gasteiger partial charge on any atom is 0.00342 e. The number of halogens is 1. The summed E-state index contributed by atoms with van der Waals surface area (Å²) in [5.74, 6) is 0. The SMILES string of the molecule is CCCCC/C=C\CCC=CC=CCCCBr. The largest absolute Gasteiger partial charge is 0.0928 e. The molecule has 0 saturated carbocycles. The van der Waals surface area contributed by atoms with Crippen molar-refractivity contribution >= 4 is 15.9 Å². The molecule has 0 N–H and O–H groups in total. The first-order valence-electron chi connectivity index (χ1n) is 6.94.